The zero-order chi connectivity index (χ0) is 18.8. The highest BCUT2D eigenvalue weighted by Crippen LogP contribution is 2.26. The zero-order valence-electron chi connectivity index (χ0n) is 12.9. The van der Waals surface area contributed by atoms with Crippen LogP contribution in [0.15, 0.2) is 52.3 Å². The first kappa shape index (κ1) is 19.1. The second-order valence-corrected chi connectivity index (χ2v) is 7.74. The van der Waals surface area contributed by atoms with Gasteiger partial charge in [0, 0.05) is 5.56 Å². The molecule has 0 unspecified atom stereocenters. The number of benzene rings is 2. The van der Waals surface area contributed by atoms with Crippen LogP contribution in [0.2, 0.25) is 0 Å². The number of carbonyl (C=O) groups is 1. The standard InChI is InChI=1S/C15H14O8S2/c1-2-23-14-7-6-12(25(20,21)22)9-13(14)15(16)10-4-3-5-11(8-10)24(17,18)19/h3-9H,2H2,1H3,(H,17,18,19)(H,20,21,22). The summed E-state index contributed by atoms with van der Waals surface area (Å²) in [5.74, 6) is -0.670. The van der Waals surface area contributed by atoms with Crippen molar-refractivity contribution in [3.63, 3.8) is 0 Å². The minimum atomic E-state index is -4.55. The number of carbonyl (C=O) groups excluding carboxylic acids is 1. The average molecular weight is 386 g/mol. The summed E-state index contributed by atoms with van der Waals surface area (Å²) in [7, 11) is -9.06. The molecule has 0 saturated carbocycles. The van der Waals surface area contributed by atoms with Crippen molar-refractivity contribution in [2.45, 2.75) is 16.7 Å². The van der Waals surface area contributed by atoms with Crippen LogP contribution in [0.1, 0.15) is 22.8 Å². The van der Waals surface area contributed by atoms with Gasteiger partial charge in [-0.15, -0.1) is 0 Å². The third kappa shape index (κ3) is 4.42. The number of hydrogen-bond acceptors (Lipinski definition) is 6. The summed E-state index contributed by atoms with van der Waals surface area (Å²) >= 11 is 0. The van der Waals surface area contributed by atoms with Gasteiger partial charge in [0.05, 0.1) is 22.0 Å². The van der Waals surface area contributed by atoms with Crippen LogP contribution in [0.25, 0.3) is 0 Å². The molecule has 0 atom stereocenters. The van der Waals surface area contributed by atoms with E-state index in [1.807, 2.05) is 0 Å². The lowest BCUT2D eigenvalue weighted by Gasteiger charge is -2.11. The van der Waals surface area contributed by atoms with E-state index in [1.165, 1.54) is 18.2 Å². The molecule has 0 aliphatic carbocycles. The Morgan fingerprint density at radius 3 is 2.12 bits per heavy atom. The van der Waals surface area contributed by atoms with Crippen molar-refractivity contribution in [3.05, 3.63) is 53.6 Å². The lowest BCUT2D eigenvalue weighted by atomic mass is 10.0. The molecule has 0 amide bonds. The zero-order valence-corrected chi connectivity index (χ0v) is 14.5. The molecule has 2 aromatic rings. The minimum Gasteiger partial charge on any atom is -0.493 e. The third-order valence-corrected chi connectivity index (χ3v) is 4.89. The van der Waals surface area contributed by atoms with Gasteiger partial charge in [-0.3, -0.25) is 13.9 Å². The Balaban J connectivity index is 2.62. The van der Waals surface area contributed by atoms with E-state index in [1.54, 1.807) is 6.92 Å². The molecule has 2 rings (SSSR count). The summed E-state index contributed by atoms with van der Waals surface area (Å²) in [6.07, 6.45) is 0. The topological polar surface area (TPSA) is 135 Å². The van der Waals surface area contributed by atoms with Crippen molar-refractivity contribution < 1.29 is 35.5 Å². The monoisotopic (exact) mass is 386 g/mol. The second kappa shape index (κ2) is 6.92. The molecule has 0 aliphatic heterocycles. The van der Waals surface area contributed by atoms with E-state index in [4.69, 9.17) is 13.8 Å². The Bertz CT molecular complexity index is 1020. The van der Waals surface area contributed by atoms with Crippen molar-refractivity contribution in [2.24, 2.45) is 0 Å². The highest BCUT2D eigenvalue weighted by molar-refractivity contribution is 7.86. The Hall–Kier alpha value is -2.27. The van der Waals surface area contributed by atoms with Gasteiger partial charge in [0.25, 0.3) is 20.2 Å². The fraction of sp³-hybridized carbons (Fsp3) is 0.133. The molecule has 2 aromatic carbocycles. The maximum Gasteiger partial charge on any atom is 0.294 e. The van der Waals surface area contributed by atoms with Crippen LogP contribution in [0.5, 0.6) is 5.75 Å². The molecule has 0 fully saturated rings. The summed E-state index contributed by atoms with van der Waals surface area (Å²) in [6, 6.07) is 7.83. The van der Waals surface area contributed by atoms with Crippen molar-refractivity contribution in [1.29, 1.82) is 0 Å². The van der Waals surface area contributed by atoms with Crippen molar-refractivity contribution >= 4 is 26.0 Å². The van der Waals surface area contributed by atoms with E-state index in [0.717, 1.165) is 24.3 Å². The van der Waals surface area contributed by atoms with Gasteiger partial charge >= 0.3 is 0 Å². The molecular formula is C15H14O8S2. The van der Waals surface area contributed by atoms with Crippen LogP contribution in [0.3, 0.4) is 0 Å². The SMILES string of the molecule is CCOc1ccc(S(=O)(=O)O)cc1C(=O)c1cccc(S(=O)(=O)O)c1. The normalized spacial score (nSPS) is 12.0. The predicted molar refractivity (Wildman–Crippen MR) is 87.1 cm³/mol. The van der Waals surface area contributed by atoms with Crippen LogP contribution in [0.4, 0.5) is 0 Å². The summed E-state index contributed by atoms with van der Waals surface area (Å²) < 4.78 is 68.5. The van der Waals surface area contributed by atoms with E-state index in [2.05, 4.69) is 0 Å². The molecule has 0 saturated heterocycles. The molecule has 10 heteroatoms. The van der Waals surface area contributed by atoms with Gasteiger partial charge in [0.2, 0.25) is 0 Å². The van der Waals surface area contributed by atoms with Gasteiger partial charge in [-0.25, -0.2) is 0 Å². The van der Waals surface area contributed by atoms with Crippen molar-refractivity contribution in [2.75, 3.05) is 6.61 Å². The molecule has 0 spiro atoms. The van der Waals surface area contributed by atoms with Gasteiger partial charge in [-0.1, -0.05) is 12.1 Å². The fourth-order valence-electron chi connectivity index (χ4n) is 2.08. The lowest BCUT2D eigenvalue weighted by molar-refractivity contribution is 0.103. The Labute approximate surface area is 144 Å². The molecule has 2 N–H and O–H groups in total. The molecule has 25 heavy (non-hydrogen) atoms. The van der Waals surface area contributed by atoms with E-state index >= 15 is 0 Å². The molecule has 0 heterocycles. The molecule has 134 valence electrons. The van der Waals surface area contributed by atoms with Gasteiger partial charge in [-0.2, -0.15) is 16.8 Å². The first-order chi connectivity index (χ1) is 11.5. The Morgan fingerprint density at radius 1 is 0.960 bits per heavy atom. The average Bonchev–Trinajstić information content (AvgIpc) is 2.53. The van der Waals surface area contributed by atoms with E-state index in [-0.39, 0.29) is 23.5 Å². The number of ketones is 1. The van der Waals surface area contributed by atoms with E-state index in [9.17, 15) is 21.6 Å². The number of ether oxygens (including phenoxy) is 1. The maximum atomic E-state index is 12.7. The largest absolute Gasteiger partial charge is 0.493 e. The van der Waals surface area contributed by atoms with E-state index in [0.29, 0.717) is 0 Å². The van der Waals surface area contributed by atoms with Gasteiger partial charge < -0.3 is 4.74 Å². The van der Waals surface area contributed by atoms with Crippen LogP contribution >= 0.6 is 0 Å². The van der Waals surface area contributed by atoms with Crippen LogP contribution < -0.4 is 4.74 Å². The molecule has 0 aliphatic rings. The molecule has 0 radical (unpaired) electrons. The first-order valence-corrected chi connectivity index (χ1v) is 9.78. The van der Waals surface area contributed by atoms with Gasteiger partial charge in [0.15, 0.2) is 5.78 Å². The quantitative estimate of drug-likeness (QED) is 0.567. The van der Waals surface area contributed by atoms with Gasteiger partial charge in [0.1, 0.15) is 5.75 Å². The summed E-state index contributed by atoms with van der Waals surface area (Å²) in [6.45, 7) is 1.85. The van der Waals surface area contributed by atoms with Crippen molar-refractivity contribution in [3.8, 4) is 5.75 Å². The summed E-state index contributed by atoms with van der Waals surface area (Å²) in [4.78, 5) is 11.7. The molecule has 0 aromatic heterocycles. The molecular weight excluding hydrogens is 372 g/mol. The Kier molecular flexibility index (Phi) is 5.28. The van der Waals surface area contributed by atoms with Crippen molar-refractivity contribution in [1.82, 2.24) is 0 Å². The van der Waals surface area contributed by atoms with Crippen LogP contribution in [0, 0.1) is 0 Å². The molecule has 8 nitrogen and oxygen atoms in total. The van der Waals surface area contributed by atoms with E-state index < -0.39 is 35.8 Å². The highest BCUT2D eigenvalue weighted by atomic mass is 32.2. The number of hydrogen-bond donors (Lipinski definition) is 2. The molecule has 0 bridgehead atoms. The minimum absolute atomic E-state index is 0.0668. The highest BCUT2D eigenvalue weighted by Gasteiger charge is 2.21. The van der Waals surface area contributed by atoms with Crippen LogP contribution in [-0.4, -0.2) is 38.3 Å². The van der Waals surface area contributed by atoms with Gasteiger partial charge in [-0.05, 0) is 37.3 Å². The third-order valence-electron chi connectivity index (χ3n) is 3.19. The summed E-state index contributed by atoms with van der Waals surface area (Å²) in [5, 5.41) is 0. The smallest absolute Gasteiger partial charge is 0.294 e. The van der Waals surface area contributed by atoms with Crippen LogP contribution in [-0.2, 0) is 20.2 Å². The summed E-state index contributed by atoms with van der Waals surface area (Å²) in [5.41, 5.74) is -0.284. The first-order valence-electron chi connectivity index (χ1n) is 6.90. The lowest BCUT2D eigenvalue weighted by Crippen LogP contribution is -2.09. The Morgan fingerprint density at radius 2 is 1.56 bits per heavy atom. The predicted octanol–water partition coefficient (Wildman–Crippen LogP) is 1.81. The number of rotatable bonds is 6. The fourth-order valence-corrected chi connectivity index (χ4v) is 3.11. The second-order valence-electron chi connectivity index (χ2n) is 4.90. The maximum absolute atomic E-state index is 12.7.